The summed E-state index contributed by atoms with van der Waals surface area (Å²) >= 11 is 0. The normalized spacial score (nSPS) is 9.79. The Kier molecular flexibility index (Phi) is 4.99. The molecule has 0 unspecified atom stereocenters. The van der Waals surface area contributed by atoms with Crippen molar-refractivity contribution in [3.05, 3.63) is 28.3 Å². The van der Waals surface area contributed by atoms with Crippen LogP contribution in [0.3, 0.4) is 0 Å². The predicted molar refractivity (Wildman–Crippen MR) is 67.9 cm³/mol. The summed E-state index contributed by atoms with van der Waals surface area (Å²) < 4.78 is 4.98. The van der Waals surface area contributed by atoms with Gasteiger partial charge in [0.05, 0.1) is 10.6 Å². The summed E-state index contributed by atoms with van der Waals surface area (Å²) in [5.41, 5.74) is -0.262. The SMILES string of the molecule is CCCC(=O)Oc1c(NC(C)=O)cccc1[N+](=O)[O-]. The van der Waals surface area contributed by atoms with E-state index in [1.165, 1.54) is 25.1 Å². The Balaban J connectivity index is 3.17. The Labute approximate surface area is 109 Å². The zero-order valence-corrected chi connectivity index (χ0v) is 10.6. The van der Waals surface area contributed by atoms with E-state index in [0.29, 0.717) is 6.42 Å². The van der Waals surface area contributed by atoms with Gasteiger partial charge in [0.15, 0.2) is 0 Å². The fourth-order valence-corrected chi connectivity index (χ4v) is 1.43. The van der Waals surface area contributed by atoms with Crippen LogP contribution in [0.4, 0.5) is 11.4 Å². The highest BCUT2D eigenvalue weighted by Gasteiger charge is 2.22. The van der Waals surface area contributed by atoms with Gasteiger partial charge in [-0.1, -0.05) is 13.0 Å². The Hall–Kier alpha value is -2.44. The first-order valence-corrected chi connectivity index (χ1v) is 5.71. The molecule has 7 nitrogen and oxygen atoms in total. The Morgan fingerprint density at radius 2 is 2.11 bits per heavy atom. The third-order valence-electron chi connectivity index (χ3n) is 2.17. The summed E-state index contributed by atoms with van der Waals surface area (Å²) in [5.74, 6) is -1.22. The first-order chi connectivity index (χ1) is 8.95. The van der Waals surface area contributed by atoms with Crippen LogP contribution in [0.15, 0.2) is 18.2 Å². The van der Waals surface area contributed by atoms with Crippen molar-refractivity contribution in [2.45, 2.75) is 26.7 Å². The molecule has 1 rings (SSSR count). The molecule has 0 saturated carbocycles. The van der Waals surface area contributed by atoms with Crippen molar-refractivity contribution in [1.29, 1.82) is 0 Å². The van der Waals surface area contributed by atoms with Crippen LogP contribution in [-0.4, -0.2) is 16.8 Å². The van der Waals surface area contributed by atoms with Gasteiger partial charge in [-0.05, 0) is 12.5 Å². The molecule has 1 N–H and O–H groups in total. The molecule has 0 saturated heterocycles. The van der Waals surface area contributed by atoms with E-state index in [2.05, 4.69) is 5.32 Å². The fourth-order valence-electron chi connectivity index (χ4n) is 1.43. The molecule has 0 atom stereocenters. The van der Waals surface area contributed by atoms with Gasteiger partial charge in [-0.2, -0.15) is 0 Å². The Morgan fingerprint density at radius 3 is 2.63 bits per heavy atom. The molecule has 0 fully saturated rings. The second kappa shape index (κ2) is 6.48. The van der Waals surface area contributed by atoms with Crippen LogP contribution in [0.1, 0.15) is 26.7 Å². The Morgan fingerprint density at radius 1 is 1.42 bits per heavy atom. The zero-order chi connectivity index (χ0) is 14.4. The lowest BCUT2D eigenvalue weighted by atomic mass is 10.2. The van der Waals surface area contributed by atoms with Gasteiger partial charge in [-0.25, -0.2) is 0 Å². The molecule has 19 heavy (non-hydrogen) atoms. The van der Waals surface area contributed by atoms with Gasteiger partial charge in [-0.3, -0.25) is 19.7 Å². The summed E-state index contributed by atoms with van der Waals surface area (Å²) in [6.45, 7) is 3.05. The van der Waals surface area contributed by atoms with E-state index in [1.54, 1.807) is 6.92 Å². The van der Waals surface area contributed by atoms with E-state index in [-0.39, 0.29) is 23.5 Å². The van der Waals surface area contributed by atoms with Crippen LogP contribution in [-0.2, 0) is 9.59 Å². The fraction of sp³-hybridized carbons (Fsp3) is 0.333. The van der Waals surface area contributed by atoms with Crippen LogP contribution in [0, 0.1) is 10.1 Å². The molecule has 0 aliphatic heterocycles. The van der Waals surface area contributed by atoms with Crippen molar-refractivity contribution in [3.8, 4) is 5.75 Å². The van der Waals surface area contributed by atoms with Gasteiger partial charge < -0.3 is 10.1 Å². The van der Waals surface area contributed by atoms with E-state index in [9.17, 15) is 19.7 Å². The molecule has 0 aromatic heterocycles. The average Bonchev–Trinajstić information content (AvgIpc) is 2.30. The average molecular weight is 266 g/mol. The highest BCUT2D eigenvalue weighted by Crippen LogP contribution is 2.35. The van der Waals surface area contributed by atoms with Gasteiger partial charge in [0.25, 0.3) is 0 Å². The minimum absolute atomic E-state index is 0.103. The summed E-state index contributed by atoms with van der Waals surface area (Å²) in [6, 6.07) is 4.05. The molecular weight excluding hydrogens is 252 g/mol. The molecular formula is C12H14N2O5. The zero-order valence-electron chi connectivity index (χ0n) is 10.6. The number of rotatable bonds is 5. The highest BCUT2D eigenvalue weighted by molar-refractivity contribution is 5.92. The smallest absolute Gasteiger partial charge is 0.313 e. The number of amides is 1. The van der Waals surface area contributed by atoms with Crippen molar-refractivity contribution in [2.75, 3.05) is 5.32 Å². The first-order valence-electron chi connectivity index (χ1n) is 5.71. The van der Waals surface area contributed by atoms with E-state index in [1.807, 2.05) is 0 Å². The predicted octanol–water partition coefficient (Wildman–Crippen LogP) is 2.26. The quantitative estimate of drug-likeness (QED) is 0.381. The number of esters is 1. The molecule has 0 heterocycles. The maximum Gasteiger partial charge on any atom is 0.313 e. The summed E-state index contributed by atoms with van der Waals surface area (Å²) in [4.78, 5) is 32.7. The van der Waals surface area contributed by atoms with Gasteiger partial charge in [0.1, 0.15) is 0 Å². The summed E-state index contributed by atoms with van der Waals surface area (Å²) in [5, 5.41) is 13.3. The number of nitrogens with zero attached hydrogens (tertiary/aromatic N) is 1. The number of hydrogen-bond donors (Lipinski definition) is 1. The van der Waals surface area contributed by atoms with Crippen molar-refractivity contribution >= 4 is 23.3 Å². The van der Waals surface area contributed by atoms with E-state index >= 15 is 0 Å². The van der Waals surface area contributed by atoms with Crippen LogP contribution in [0.2, 0.25) is 0 Å². The monoisotopic (exact) mass is 266 g/mol. The largest absolute Gasteiger partial charge is 0.417 e. The molecule has 102 valence electrons. The first kappa shape index (κ1) is 14.6. The highest BCUT2D eigenvalue weighted by atomic mass is 16.6. The second-order valence-corrected chi connectivity index (χ2v) is 3.82. The number of nitrogens with one attached hydrogen (secondary N) is 1. The van der Waals surface area contributed by atoms with Crippen LogP contribution in [0.5, 0.6) is 5.75 Å². The molecule has 0 aliphatic rings. The molecule has 0 aliphatic carbocycles. The minimum Gasteiger partial charge on any atom is -0.417 e. The van der Waals surface area contributed by atoms with Crippen molar-refractivity contribution in [1.82, 2.24) is 0 Å². The van der Waals surface area contributed by atoms with Gasteiger partial charge in [-0.15, -0.1) is 0 Å². The lowest BCUT2D eigenvalue weighted by molar-refractivity contribution is -0.385. The van der Waals surface area contributed by atoms with Crippen molar-refractivity contribution < 1.29 is 19.2 Å². The van der Waals surface area contributed by atoms with Crippen molar-refractivity contribution in [3.63, 3.8) is 0 Å². The summed E-state index contributed by atoms with van der Waals surface area (Å²) in [6.07, 6.45) is 0.709. The molecule has 1 aromatic carbocycles. The third-order valence-corrected chi connectivity index (χ3v) is 2.17. The maximum atomic E-state index is 11.5. The standard InChI is InChI=1S/C12H14N2O5/c1-3-5-11(16)19-12-9(13-8(2)15)6-4-7-10(12)14(17)18/h4,6-7H,3,5H2,1-2H3,(H,13,15). The second-order valence-electron chi connectivity index (χ2n) is 3.82. The maximum absolute atomic E-state index is 11.5. The number of nitro benzene ring substituents is 1. The van der Waals surface area contributed by atoms with E-state index in [4.69, 9.17) is 4.74 Å². The summed E-state index contributed by atoms with van der Waals surface area (Å²) in [7, 11) is 0. The van der Waals surface area contributed by atoms with Crippen LogP contribution < -0.4 is 10.1 Å². The van der Waals surface area contributed by atoms with E-state index < -0.39 is 16.8 Å². The Bertz CT molecular complexity index is 513. The van der Waals surface area contributed by atoms with Crippen molar-refractivity contribution in [2.24, 2.45) is 0 Å². The number of nitro groups is 1. The van der Waals surface area contributed by atoms with E-state index in [0.717, 1.165) is 0 Å². The van der Waals surface area contributed by atoms with Gasteiger partial charge in [0.2, 0.25) is 11.7 Å². The number of ether oxygens (including phenoxy) is 1. The third kappa shape index (κ3) is 4.06. The topological polar surface area (TPSA) is 98.5 Å². The number of hydrogen-bond acceptors (Lipinski definition) is 5. The molecule has 1 amide bonds. The lowest BCUT2D eigenvalue weighted by Crippen LogP contribution is -2.13. The molecule has 1 aromatic rings. The molecule has 0 spiro atoms. The number of para-hydroxylation sites is 1. The number of carbonyl (C=O) groups is 2. The molecule has 0 bridgehead atoms. The van der Waals surface area contributed by atoms with Crippen LogP contribution in [0.25, 0.3) is 0 Å². The molecule has 7 heteroatoms. The van der Waals surface area contributed by atoms with Crippen LogP contribution >= 0.6 is 0 Å². The lowest BCUT2D eigenvalue weighted by Gasteiger charge is -2.10. The van der Waals surface area contributed by atoms with Gasteiger partial charge in [0, 0.05) is 19.4 Å². The minimum atomic E-state index is -0.667. The molecule has 0 radical (unpaired) electrons. The van der Waals surface area contributed by atoms with Gasteiger partial charge >= 0.3 is 11.7 Å². The number of benzene rings is 1. The number of anilines is 1. The number of carbonyl (C=O) groups excluding carboxylic acids is 2.